The van der Waals surface area contributed by atoms with E-state index in [1.54, 1.807) is 0 Å². The quantitative estimate of drug-likeness (QED) is 0.685. The molecule has 0 saturated heterocycles. The van der Waals surface area contributed by atoms with Crippen LogP contribution in [0.5, 0.6) is 0 Å². The van der Waals surface area contributed by atoms with Gasteiger partial charge in [0.1, 0.15) is 0 Å². The summed E-state index contributed by atoms with van der Waals surface area (Å²) in [5.74, 6) is 0. The Labute approximate surface area is 64.1 Å². The van der Waals surface area contributed by atoms with Gasteiger partial charge in [0.05, 0.1) is 0 Å². The molecule has 36 valence electrons. The zero-order valence-electron chi connectivity index (χ0n) is 4.33. The maximum absolute atomic E-state index is 3.68. The summed E-state index contributed by atoms with van der Waals surface area (Å²) in [4.78, 5) is 0. The Balaban J connectivity index is 0. The SMILES string of the molecule is [CH2-]CCCC.[U]. The third-order valence-electron chi connectivity index (χ3n) is 0.604. The normalized spacial score (nSPS) is 7.00. The second-order valence-electron chi connectivity index (χ2n) is 1.21. The second-order valence-corrected chi connectivity index (χ2v) is 1.21. The van der Waals surface area contributed by atoms with E-state index in [2.05, 4.69) is 13.8 Å². The van der Waals surface area contributed by atoms with E-state index in [0.717, 1.165) is 6.42 Å². The Bertz CT molecular complexity index is 11.4. The smallest absolute Gasteiger partial charge is 0 e. The van der Waals surface area contributed by atoms with Gasteiger partial charge in [0, 0.05) is 31.1 Å². The van der Waals surface area contributed by atoms with Gasteiger partial charge in [-0.25, -0.2) is 0 Å². The maximum atomic E-state index is 3.68. The van der Waals surface area contributed by atoms with Crippen molar-refractivity contribution in [3.63, 3.8) is 0 Å². The molecule has 0 aliphatic rings. The van der Waals surface area contributed by atoms with Crippen molar-refractivity contribution in [3.8, 4) is 0 Å². The first-order valence-electron chi connectivity index (χ1n) is 2.21. The largest absolute Gasteiger partial charge is 0.343 e. The summed E-state index contributed by atoms with van der Waals surface area (Å²) in [6, 6.07) is 0. The van der Waals surface area contributed by atoms with Crippen LogP contribution in [0.25, 0.3) is 0 Å². The van der Waals surface area contributed by atoms with Crippen LogP contribution in [0.1, 0.15) is 26.2 Å². The first-order valence-corrected chi connectivity index (χ1v) is 2.21. The van der Waals surface area contributed by atoms with Gasteiger partial charge >= 0.3 is 0 Å². The van der Waals surface area contributed by atoms with Crippen LogP contribution >= 0.6 is 0 Å². The number of hydrogen-bond donors (Lipinski definition) is 0. The molecule has 0 aliphatic heterocycles. The summed E-state index contributed by atoms with van der Waals surface area (Å²) < 4.78 is 0. The zero-order chi connectivity index (χ0) is 4.12. The Morgan fingerprint density at radius 3 is 2.00 bits per heavy atom. The van der Waals surface area contributed by atoms with Gasteiger partial charge in [0.2, 0.25) is 0 Å². The van der Waals surface area contributed by atoms with Crippen LogP contribution in [0.2, 0.25) is 0 Å². The molecule has 0 aromatic heterocycles. The fraction of sp³-hybridized carbons (Fsp3) is 0.800. The summed E-state index contributed by atoms with van der Waals surface area (Å²) in [7, 11) is 0. The number of rotatable bonds is 2. The molecule has 0 unspecified atom stereocenters. The summed E-state index contributed by atoms with van der Waals surface area (Å²) in [6.45, 7) is 5.85. The van der Waals surface area contributed by atoms with Crippen molar-refractivity contribution in [3.05, 3.63) is 6.92 Å². The van der Waals surface area contributed by atoms with Crippen LogP contribution in [0.15, 0.2) is 0 Å². The zero-order valence-corrected chi connectivity index (χ0v) is 8.49. The van der Waals surface area contributed by atoms with E-state index in [0.29, 0.717) is 0 Å². The van der Waals surface area contributed by atoms with Crippen molar-refractivity contribution in [2.75, 3.05) is 0 Å². The van der Waals surface area contributed by atoms with Crippen molar-refractivity contribution < 1.29 is 31.1 Å². The van der Waals surface area contributed by atoms with Crippen molar-refractivity contribution in [1.29, 1.82) is 0 Å². The average molecular weight is 309 g/mol. The molecule has 1 heteroatoms. The van der Waals surface area contributed by atoms with Gasteiger partial charge in [0.15, 0.2) is 0 Å². The van der Waals surface area contributed by atoms with Crippen molar-refractivity contribution >= 4 is 0 Å². The molecule has 0 aliphatic carbocycles. The topological polar surface area (TPSA) is 0 Å². The molecule has 0 radical (unpaired) electrons. The van der Waals surface area contributed by atoms with E-state index >= 15 is 0 Å². The van der Waals surface area contributed by atoms with Gasteiger partial charge in [-0.1, -0.05) is 19.8 Å². The summed E-state index contributed by atoms with van der Waals surface area (Å²) in [5, 5.41) is 0. The molecule has 0 bridgehead atoms. The summed E-state index contributed by atoms with van der Waals surface area (Å²) in [5.41, 5.74) is 0. The second kappa shape index (κ2) is 9.41. The number of unbranched alkanes of at least 4 members (excludes halogenated alkanes) is 2. The molecule has 0 saturated carbocycles. The fourth-order valence-corrected chi connectivity index (χ4v) is 0.250. The molecule has 0 spiro atoms. The van der Waals surface area contributed by atoms with E-state index in [1.165, 1.54) is 12.8 Å². The Morgan fingerprint density at radius 2 is 2.00 bits per heavy atom. The molecule has 0 heterocycles. The molecule has 0 amide bonds. The molecule has 0 rings (SSSR count). The maximum Gasteiger partial charge on any atom is 0 e. The van der Waals surface area contributed by atoms with Crippen LogP contribution in [-0.4, -0.2) is 0 Å². The number of hydrogen-bond acceptors (Lipinski definition) is 0. The minimum absolute atomic E-state index is 0. The molecule has 0 atom stereocenters. The van der Waals surface area contributed by atoms with E-state index in [9.17, 15) is 0 Å². The monoisotopic (exact) mass is 309 g/mol. The Hall–Kier alpha value is 1.05. The van der Waals surface area contributed by atoms with Gasteiger partial charge in [-0.3, -0.25) is 0 Å². The van der Waals surface area contributed by atoms with Gasteiger partial charge in [-0.15, -0.1) is 0 Å². The van der Waals surface area contributed by atoms with Crippen molar-refractivity contribution in [1.82, 2.24) is 0 Å². The third kappa shape index (κ3) is 8.90. The average Bonchev–Trinajstić information content (AvgIpc) is 1.41. The molecular formula is C5H11U-. The van der Waals surface area contributed by atoms with E-state index in [1.807, 2.05) is 0 Å². The van der Waals surface area contributed by atoms with Crippen LogP contribution in [-0.2, 0) is 0 Å². The standard InChI is InChI=1S/C5H11.U/c1-3-5-4-2;/h1,3-5H2,2H3;/q-1;. The summed E-state index contributed by atoms with van der Waals surface area (Å²) >= 11 is 0. The van der Waals surface area contributed by atoms with Gasteiger partial charge in [0.25, 0.3) is 0 Å². The predicted molar refractivity (Wildman–Crippen MR) is 24.9 cm³/mol. The van der Waals surface area contributed by atoms with E-state index < -0.39 is 0 Å². The molecule has 0 aromatic carbocycles. The molecule has 0 N–H and O–H groups in total. The van der Waals surface area contributed by atoms with Gasteiger partial charge < -0.3 is 6.92 Å². The molecule has 0 fully saturated rings. The van der Waals surface area contributed by atoms with Crippen LogP contribution in [0.4, 0.5) is 0 Å². The first kappa shape index (κ1) is 10.1. The molecular weight excluding hydrogens is 298 g/mol. The minimum atomic E-state index is 0. The fourth-order valence-electron chi connectivity index (χ4n) is 0.250. The van der Waals surface area contributed by atoms with Crippen LogP contribution in [0, 0.1) is 38.0 Å². The van der Waals surface area contributed by atoms with E-state index in [4.69, 9.17) is 0 Å². The van der Waals surface area contributed by atoms with Crippen LogP contribution < -0.4 is 0 Å². The molecule has 0 nitrogen and oxygen atoms in total. The summed E-state index contributed by atoms with van der Waals surface area (Å²) in [6.07, 6.45) is 3.65. The third-order valence-corrected chi connectivity index (χ3v) is 0.604. The predicted octanol–water partition coefficient (Wildman–Crippen LogP) is 2.01. The minimum Gasteiger partial charge on any atom is -0.343 e. The Morgan fingerprint density at radius 1 is 1.50 bits per heavy atom. The first-order chi connectivity index (χ1) is 2.41. The van der Waals surface area contributed by atoms with Crippen molar-refractivity contribution in [2.45, 2.75) is 26.2 Å². The van der Waals surface area contributed by atoms with Gasteiger partial charge in [-0.05, 0) is 0 Å². The molecule has 0 aromatic rings. The Kier molecular flexibility index (Phi) is 15.9. The van der Waals surface area contributed by atoms with E-state index in [-0.39, 0.29) is 31.1 Å². The van der Waals surface area contributed by atoms with Gasteiger partial charge in [-0.2, -0.15) is 6.42 Å². The molecule has 6 heavy (non-hydrogen) atoms. The van der Waals surface area contributed by atoms with Crippen LogP contribution in [0.3, 0.4) is 0 Å². The van der Waals surface area contributed by atoms with Crippen molar-refractivity contribution in [2.24, 2.45) is 0 Å².